The van der Waals surface area contributed by atoms with Crippen molar-refractivity contribution in [2.45, 2.75) is 0 Å². The van der Waals surface area contributed by atoms with Crippen LogP contribution in [0.15, 0.2) is 52.8 Å². The second kappa shape index (κ2) is 10.9. The molecule has 9 nitrogen and oxygen atoms in total. The zero-order valence-corrected chi connectivity index (χ0v) is 21.3. The summed E-state index contributed by atoms with van der Waals surface area (Å²) in [5.74, 6) is -3.18. The third-order valence-corrected chi connectivity index (χ3v) is 6.15. The quantitative estimate of drug-likeness (QED) is 0.217. The molecule has 0 heterocycles. The Balaban J connectivity index is 1.92. The second-order valence-corrected chi connectivity index (χ2v) is 8.90. The van der Waals surface area contributed by atoms with Crippen LogP contribution in [0, 0.1) is 28.6 Å². The minimum atomic E-state index is -0.874. The van der Waals surface area contributed by atoms with Crippen molar-refractivity contribution in [3.8, 4) is 5.75 Å². The van der Waals surface area contributed by atoms with E-state index in [1.54, 1.807) is 45.2 Å². The number of anilines is 2. The van der Waals surface area contributed by atoms with Crippen molar-refractivity contribution in [3.05, 3.63) is 82.2 Å². The number of nitroso groups, excluding NO2 is 2. The number of rotatable bonds is 7. The van der Waals surface area contributed by atoms with E-state index in [0.717, 1.165) is 12.1 Å². The first-order chi connectivity index (χ1) is 16.2. The van der Waals surface area contributed by atoms with E-state index in [9.17, 15) is 28.2 Å². The van der Waals surface area contributed by atoms with Gasteiger partial charge in [-0.1, -0.05) is 0 Å². The summed E-state index contributed by atoms with van der Waals surface area (Å²) in [5.41, 5.74) is -0.749. The average Bonchev–Trinajstić information content (AvgIpc) is 2.82. The van der Waals surface area contributed by atoms with Gasteiger partial charge in [-0.25, -0.2) is 8.78 Å². The molecule has 2 N–H and O–H groups in total. The second-order valence-electron chi connectivity index (χ2n) is 6.57. The molecule has 0 unspecified atom stereocenters. The number of halogens is 4. The van der Waals surface area contributed by atoms with Gasteiger partial charge >= 0.3 is 0 Å². The molecule has 0 saturated carbocycles. The molecule has 0 aliphatic carbocycles. The Labute approximate surface area is 217 Å². The van der Waals surface area contributed by atoms with Gasteiger partial charge in [0, 0.05) is 24.8 Å². The van der Waals surface area contributed by atoms with E-state index in [0.29, 0.717) is 0 Å². The number of hydrogen-bond donors (Lipinski definition) is 2. The summed E-state index contributed by atoms with van der Waals surface area (Å²) in [7, 11) is 1.31. The standard InChI is InChI=1S/C21H12F2I2N4O5/c1-34-17-3-2-9(20(30)26-18-13(22)5-10(28-32)7-15(18)24)4-12(17)21(31)27-19-14(23)6-11(29-33)8-16(19)25/h2-8H,1H3,(H,26,30)(H,27,31). The van der Waals surface area contributed by atoms with E-state index in [4.69, 9.17) is 4.74 Å². The molecular formula is C21H12F2I2N4O5. The first-order valence-corrected chi connectivity index (χ1v) is 11.3. The van der Waals surface area contributed by atoms with Gasteiger partial charge in [-0.15, -0.1) is 9.81 Å². The van der Waals surface area contributed by atoms with E-state index in [1.165, 1.54) is 37.4 Å². The van der Waals surface area contributed by atoms with E-state index in [2.05, 4.69) is 21.0 Å². The molecule has 0 aliphatic rings. The maximum Gasteiger partial charge on any atom is 0.259 e. The minimum absolute atomic E-state index is 0.0191. The Morgan fingerprint density at radius 3 is 1.76 bits per heavy atom. The molecule has 0 radical (unpaired) electrons. The third-order valence-electron chi connectivity index (χ3n) is 4.45. The Hall–Kier alpha value is -3.08. The highest BCUT2D eigenvalue weighted by Gasteiger charge is 2.21. The number of carbonyl (C=O) groups is 2. The van der Waals surface area contributed by atoms with Crippen LogP contribution in [0.4, 0.5) is 31.5 Å². The number of nitrogens with one attached hydrogen (secondary N) is 2. The van der Waals surface area contributed by atoms with Crippen LogP contribution in [0.1, 0.15) is 20.7 Å². The number of methoxy groups -OCH3 is 1. The Morgan fingerprint density at radius 1 is 0.824 bits per heavy atom. The molecular weight excluding hydrogens is 680 g/mol. The molecule has 34 heavy (non-hydrogen) atoms. The molecule has 3 rings (SSSR count). The molecule has 0 saturated heterocycles. The molecule has 0 atom stereocenters. The fourth-order valence-electron chi connectivity index (χ4n) is 2.86. The van der Waals surface area contributed by atoms with Crippen molar-refractivity contribution >= 4 is 79.7 Å². The van der Waals surface area contributed by atoms with Gasteiger partial charge < -0.3 is 15.4 Å². The summed E-state index contributed by atoms with van der Waals surface area (Å²) in [6, 6.07) is 8.22. The fraction of sp³-hybridized carbons (Fsp3) is 0.0476. The molecule has 0 spiro atoms. The lowest BCUT2D eigenvalue weighted by Gasteiger charge is -2.14. The summed E-state index contributed by atoms with van der Waals surface area (Å²) in [6.45, 7) is 0. The molecule has 0 aromatic heterocycles. The number of amides is 2. The topological polar surface area (TPSA) is 126 Å². The van der Waals surface area contributed by atoms with Crippen molar-refractivity contribution in [1.82, 2.24) is 0 Å². The van der Waals surface area contributed by atoms with Gasteiger partial charge in [0.25, 0.3) is 11.8 Å². The number of hydrogen-bond acceptors (Lipinski definition) is 7. The normalized spacial score (nSPS) is 10.4. The maximum atomic E-state index is 14.4. The van der Waals surface area contributed by atoms with Crippen LogP contribution < -0.4 is 15.4 Å². The number of ether oxygens (including phenoxy) is 1. The average molecular weight is 692 g/mol. The number of benzene rings is 3. The molecule has 13 heteroatoms. The van der Waals surface area contributed by atoms with Crippen molar-refractivity contribution in [1.29, 1.82) is 0 Å². The Morgan fingerprint density at radius 2 is 1.32 bits per heavy atom. The van der Waals surface area contributed by atoms with Gasteiger partial charge in [-0.3, -0.25) is 9.59 Å². The highest BCUT2D eigenvalue weighted by Crippen LogP contribution is 2.31. The van der Waals surface area contributed by atoms with Crippen LogP contribution in [-0.2, 0) is 0 Å². The van der Waals surface area contributed by atoms with Gasteiger partial charge in [-0.2, -0.15) is 0 Å². The summed E-state index contributed by atoms with van der Waals surface area (Å²) in [6.07, 6.45) is 0. The smallest absolute Gasteiger partial charge is 0.259 e. The lowest BCUT2D eigenvalue weighted by atomic mass is 10.1. The van der Waals surface area contributed by atoms with E-state index < -0.39 is 23.4 Å². The minimum Gasteiger partial charge on any atom is -0.496 e. The summed E-state index contributed by atoms with van der Waals surface area (Å²) in [4.78, 5) is 46.9. The summed E-state index contributed by atoms with van der Waals surface area (Å²) < 4.78 is 34.3. The lowest BCUT2D eigenvalue weighted by molar-refractivity contribution is 0.102. The highest BCUT2D eigenvalue weighted by atomic mass is 127. The van der Waals surface area contributed by atoms with Crippen LogP contribution >= 0.6 is 45.2 Å². The van der Waals surface area contributed by atoms with Crippen molar-refractivity contribution in [2.24, 2.45) is 10.4 Å². The monoisotopic (exact) mass is 692 g/mol. The summed E-state index contributed by atoms with van der Waals surface area (Å²) >= 11 is 3.47. The van der Waals surface area contributed by atoms with E-state index in [-0.39, 0.29) is 46.8 Å². The molecule has 0 aliphatic heterocycles. The van der Waals surface area contributed by atoms with Crippen LogP contribution in [0.2, 0.25) is 0 Å². The molecule has 3 aromatic carbocycles. The van der Waals surface area contributed by atoms with Crippen LogP contribution in [0.5, 0.6) is 5.75 Å². The van der Waals surface area contributed by atoms with Gasteiger partial charge in [-0.05, 0) is 85.9 Å². The first kappa shape index (κ1) is 25.5. The molecule has 3 aromatic rings. The van der Waals surface area contributed by atoms with Crippen LogP contribution in [-0.4, -0.2) is 18.9 Å². The summed E-state index contributed by atoms with van der Waals surface area (Å²) in [5, 5.41) is 10.1. The first-order valence-electron chi connectivity index (χ1n) is 9.14. The largest absolute Gasteiger partial charge is 0.496 e. The molecule has 0 bridgehead atoms. The van der Waals surface area contributed by atoms with Gasteiger partial charge in [0.1, 0.15) is 28.8 Å². The maximum absolute atomic E-state index is 14.4. The Kier molecular flexibility index (Phi) is 8.19. The fourth-order valence-corrected chi connectivity index (χ4v) is 4.28. The SMILES string of the molecule is COc1ccc(C(=O)Nc2c(F)cc(N=O)cc2I)cc1C(=O)Nc1c(F)cc(N=O)cc1I. The van der Waals surface area contributed by atoms with E-state index in [1.807, 2.05) is 0 Å². The van der Waals surface area contributed by atoms with Gasteiger partial charge in [0.2, 0.25) is 0 Å². The number of nitrogens with zero attached hydrogens (tertiary/aromatic N) is 2. The third kappa shape index (κ3) is 5.52. The van der Waals surface area contributed by atoms with Crippen molar-refractivity contribution in [2.75, 3.05) is 17.7 Å². The zero-order chi connectivity index (χ0) is 25.0. The van der Waals surface area contributed by atoms with Crippen molar-refractivity contribution in [3.63, 3.8) is 0 Å². The molecule has 174 valence electrons. The Bertz CT molecular complexity index is 1290. The highest BCUT2D eigenvalue weighted by molar-refractivity contribution is 14.1. The van der Waals surface area contributed by atoms with E-state index >= 15 is 0 Å². The number of carbonyl (C=O) groups excluding carboxylic acids is 2. The zero-order valence-electron chi connectivity index (χ0n) is 17.0. The van der Waals surface area contributed by atoms with Crippen LogP contribution in [0.25, 0.3) is 0 Å². The molecule has 0 fully saturated rings. The van der Waals surface area contributed by atoms with Crippen molar-refractivity contribution < 1.29 is 23.1 Å². The molecule has 2 amide bonds. The predicted molar refractivity (Wildman–Crippen MR) is 138 cm³/mol. The van der Waals surface area contributed by atoms with Crippen LogP contribution in [0.3, 0.4) is 0 Å². The lowest BCUT2D eigenvalue weighted by Crippen LogP contribution is -2.18. The van der Waals surface area contributed by atoms with Gasteiger partial charge in [0.05, 0.1) is 24.0 Å². The van der Waals surface area contributed by atoms with Gasteiger partial charge in [0.15, 0.2) is 0 Å². The predicted octanol–water partition coefficient (Wildman–Crippen LogP) is 6.48.